The van der Waals surface area contributed by atoms with Crippen LogP contribution in [-0.4, -0.2) is 24.9 Å². The van der Waals surface area contributed by atoms with Crippen molar-refractivity contribution >= 4 is 21.9 Å². The summed E-state index contributed by atoms with van der Waals surface area (Å²) in [5.74, 6) is 1.91. The Labute approximate surface area is 361 Å². The first-order chi connectivity index (χ1) is 31.0. The Hall–Kier alpha value is -5.36. The predicted molar refractivity (Wildman–Crippen MR) is 225 cm³/mol. The van der Waals surface area contributed by atoms with E-state index >= 15 is 0 Å². The van der Waals surface area contributed by atoms with Gasteiger partial charge in [-0.3, -0.25) is 0 Å². The standard InChI is InChI=1S/C36H35N4O.C13H12N.Ir/c1-21-15-16-29(37-20-21)26-14-10-13-25-28-18-22(2)17-27(31(28)41-30(25)26)23-11-9-12-24(19-23)32-38-33(35(3,4)5)40-34(39-32)36(6,7)8;1-10-3-6-12(7-4-10)13-8-5-11(2)9-14-13;/h9-13,15-20H,1-8H3;3-6,8-9H,1-2H3;/q2*-1;/i2*1D3,2D3;. The normalized spacial score (nSPS) is 15.7. The van der Waals surface area contributed by atoms with Gasteiger partial charge in [0.15, 0.2) is 5.82 Å². The van der Waals surface area contributed by atoms with Crippen LogP contribution in [0, 0.1) is 39.5 Å². The second-order valence-corrected chi connectivity index (χ2v) is 15.3. The average Bonchev–Trinajstić information content (AvgIpc) is 3.64. The van der Waals surface area contributed by atoms with Crippen molar-refractivity contribution in [3.63, 3.8) is 0 Å². The average molecular weight is 926 g/mol. The molecule has 7 heteroatoms. The monoisotopic (exact) mass is 926 g/mol. The van der Waals surface area contributed by atoms with Crippen molar-refractivity contribution in [3.8, 4) is 45.0 Å². The van der Waals surface area contributed by atoms with Crippen molar-refractivity contribution in [2.24, 2.45) is 0 Å². The molecule has 0 spiro atoms. The summed E-state index contributed by atoms with van der Waals surface area (Å²) in [5.41, 5.74) is 5.34. The maximum Gasteiger partial charge on any atom is 0.163 e. The van der Waals surface area contributed by atoms with Crippen LogP contribution < -0.4 is 0 Å². The Morgan fingerprint density at radius 1 is 0.589 bits per heavy atom. The zero-order chi connectivity index (χ0) is 49.1. The van der Waals surface area contributed by atoms with Gasteiger partial charge in [0.05, 0.1) is 5.58 Å². The van der Waals surface area contributed by atoms with Gasteiger partial charge < -0.3 is 14.4 Å². The van der Waals surface area contributed by atoms with Gasteiger partial charge in [0.25, 0.3) is 0 Å². The molecule has 0 aliphatic rings. The Bertz CT molecular complexity index is 2990. The van der Waals surface area contributed by atoms with E-state index in [4.69, 9.17) is 35.8 Å². The quantitative estimate of drug-likeness (QED) is 0.164. The van der Waals surface area contributed by atoms with Crippen LogP contribution in [0.1, 0.15) is 91.9 Å². The minimum Gasteiger partial charge on any atom is -0.500 e. The molecule has 0 aliphatic heterocycles. The van der Waals surface area contributed by atoms with Gasteiger partial charge in [-0.25, -0.2) is 15.0 Å². The van der Waals surface area contributed by atoms with E-state index in [0.29, 0.717) is 67.5 Å². The molecular formula is C49H47IrN5O-2. The van der Waals surface area contributed by atoms with Crippen LogP contribution in [0.15, 0.2) is 108 Å². The number of nitrogens with zero attached hydrogens (tertiary/aromatic N) is 5. The molecule has 0 saturated heterocycles. The fourth-order valence-electron chi connectivity index (χ4n) is 5.93. The van der Waals surface area contributed by atoms with E-state index in [0.717, 1.165) is 11.1 Å². The third-order valence-corrected chi connectivity index (χ3v) is 8.81. The number of hydrogen-bond acceptors (Lipinski definition) is 6. The zero-order valence-corrected chi connectivity index (χ0v) is 34.2. The molecule has 6 nitrogen and oxygen atoms in total. The van der Waals surface area contributed by atoms with E-state index in [2.05, 4.69) is 63.6 Å². The van der Waals surface area contributed by atoms with Crippen LogP contribution in [0.5, 0.6) is 0 Å². The Morgan fingerprint density at radius 2 is 1.23 bits per heavy atom. The second-order valence-electron chi connectivity index (χ2n) is 15.3. The van der Waals surface area contributed by atoms with Gasteiger partial charge in [-0.1, -0.05) is 102 Å². The van der Waals surface area contributed by atoms with E-state index in [1.165, 1.54) is 36.7 Å². The maximum atomic E-state index is 8.27. The van der Waals surface area contributed by atoms with Crippen molar-refractivity contribution in [3.05, 3.63) is 149 Å². The molecule has 0 N–H and O–H groups in total. The third kappa shape index (κ3) is 8.70. The molecule has 285 valence electrons. The van der Waals surface area contributed by atoms with Crippen LogP contribution in [0.2, 0.25) is 0 Å². The molecular weight excluding hydrogens is 867 g/mol. The van der Waals surface area contributed by atoms with Gasteiger partial charge in [-0.15, -0.1) is 53.6 Å². The molecule has 0 fully saturated rings. The summed E-state index contributed by atoms with van der Waals surface area (Å²) >= 11 is 0. The molecule has 0 aliphatic carbocycles. The smallest absolute Gasteiger partial charge is 0.163 e. The van der Waals surface area contributed by atoms with Crippen LogP contribution in [0.25, 0.3) is 67.0 Å². The second kappa shape index (κ2) is 16.0. The van der Waals surface area contributed by atoms with Gasteiger partial charge in [-0.05, 0) is 72.4 Å². The molecule has 4 aromatic heterocycles. The summed E-state index contributed by atoms with van der Waals surface area (Å²) in [4.78, 5) is 23.0. The molecule has 56 heavy (non-hydrogen) atoms. The molecule has 8 rings (SSSR count). The SMILES string of the molecule is [2H]C([2H])([2H])c1c[c-]c(-c2ccc(C([2H])([2H])[2H])cn2)cc1.[2H]C([2H])([2H])c1ccc(-c2[c-]ccc3c2oc2c(-c4cccc(-c5nc(C(C)(C)C)nc(C(C)(C)C)n5)c4)cc(C([2H])([2H])[2H])cc23)nc1.[Ir]. The first-order valence-corrected chi connectivity index (χ1v) is 17.7. The summed E-state index contributed by atoms with van der Waals surface area (Å²) in [5, 5.41) is 1.33. The predicted octanol–water partition coefficient (Wildman–Crippen LogP) is 12.3. The fraction of sp³-hybridized carbons (Fsp3) is 0.245. The molecule has 0 atom stereocenters. The molecule has 4 aromatic carbocycles. The van der Waals surface area contributed by atoms with Gasteiger partial charge in [0.1, 0.15) is 17.2 Å². The number of aryl methyl sites for hydroxylation is 4. The van der Waals surface area contributed by atoms with Crippen molar-refractivity contribution in [1.82, 2.24) is 24.9 Å². The van der Waals surface area contributed by atoms with Crippen molar-refractivity contribution in [2.75, 3.05) is 0 Å². The zero-order valence-electron chi connectivity index (χ0n) is 43.8. The Morgan fingerprint density at radius 3 is 1.82 bits per heavy atom. The summed E-state index contributed by atoms with van der Waals surface area (Å²) in [6.45, 7) is 3.40. The van der Waals surface area contributed by atoms with Crippen molar-refractivity contribution in [2.45, 2.75) is 79.8 Å². The number of pyridine rings is 2. The van der Waals surface area contributed by atoms with Gasteiger partial charge in [0.2, 0.25) is 0 Å². The Kier molecular flexibility index (Phi) is 7.80. The van der Waals surface area contributed by atoms with Crippen molar-refractivity contribution in [1.29, 1.82) is 0 Å². The van der Waals surface area contributed by atoms with Gasteiger partial charge in [0, 0.05) is 76.3 Å². The minimum absolute atomic E-state index is 0. The van der Waals surface area contributed by atoms with E-state index in [1.807, 2.05) is 30.3 Å². The Balaban J connectivity index is 0.000000304. The van der Waals surface area contributed by atoms with Crippen LogP contribution in [0.4, 0.5) is 0 Å². The first-order valence-electron chi connectivity index (χ1n) is 23.7. The number of fused-ring (bicyclic) bond motifs is 3. The summed E-state index contributed by atoms with van der Waals surface area (Å²) < 4.78 is 98.1. The molecule has 0 saturated carbocycles. The van der Waals surface area contributed by atoms with Crippen LogP contribution >= 0.6 is 0 Å². The van der Waals surface area contributed by atoms with Crippen molar-refractivity contribution < 1.29 is 41.0 Å². The summed E-state index contributed by atoms with van der Waals surface area (Å²) in [7, 11) is 0. The molecule has 0 amide bonds. The van der Waals surface area contributed by atoms with Crippen LogP contribution in [-0.2, 0) is 30.9 Å². The molecule has 4 heterocycles. The first kappa shape index (κ1) is 27.3. The number of rotatable bonds is 4. The fourth-order valence-corrected chi connectivity index (χ4v) is 5.93. The number of hydrogen-bond donors (Lipinski definition) is 0. The third-order valence-electron chi connectivity index (χ3n) is 8.81. The molecule has 0 bridgehead atoms. The minimum atomic E-state index is -2.38. The topological polar surface area (TPSA) is 77.6 Å². The summed E-state index contributed by atoms with van der Waals surface area (Å²) in [6, 6.07) is 31.3. The summed E-state index contributed by atoms with van der Waals surface area (Å²) in [6.07, 6.45) is 2.63. The number of furan rings is 1. The van der Waals surface area contributed by atoms with E-state index in [9.17, 15) is 0 Å². The van der Waals surface area contributed by atoms with E-state index in [1.54, 1.807) is 36.4 Å². The molecule has 0 unspecified atom stereocenters. The number of aromatic nitrogens is 5. The van der Waals surface area contributed by atoms with Crippen LogP contribution in [0.3, 0.4) is 0 Å². The largest absolute Gasteiger partial charge is 0.500 e. The number of benzene rings is 4. The van der Waals surface area contributed by atoms with E-state index in [-0.39, 0.29) is 53.2 Å². The van der Waals surface area contributed by atoms with Gasteiger partial charge in [-0.2, -0.15) is 0 Å². The molecule has 8 aromatic rings. The molecule has 1 radical (unpaired) electrons. The van der Waals surface area contributed by atoms with E-state index < -0.39 is 27.4 Å². The maximum absolute atomic E-state index is 8.27. The van der Waals surface area contributed by atoms with Gasteiger partial charge >= 0.3 is 0 Å².